The standard InChI is InChI=1S/C10H7F4N3O/c11-8-5(9-16-7(4-15)17-18-9)2-1-3-6(8)10(12,13)14/h1-3H,4,15H2. The fourth-order valence-electron chi connectivity index (χ4n) is 1.36. The van der Waals surface area contributed by atoms with Crippen molar-refractivity contribution in [2.75, 3.05) is 0 Å². The predicted molar refractivity (Wildman–Crippen MR) is 52.6 cm³/mol. The summed E-state index contributed by atoms with van der Waals surface area (Å²) in [6, 6.07) is 2.82. The third-order valence-electron chi connectivity index (χ3n) is 2.19. The number of hydrogen-bond donors (Lipinski definition) is 1. The summed E-state index contributed by atoms with van der Waals surface area (Å²) in [6.45, 7) is -0.0515. The van der Waals surface area contributed by atoms with Crippen LogP contribution in [0.15, 0.2) is 22.7 Å². The van der Waals surface area contributed by atoms with E-state index >= 15 is 0 Å². The Labute approximate surface area is 98.4 Å². The van der Waals surface area contributed by atoms with Gasteiger partial charge in [-0.05, 0) is 12.1 Å². The summed E-state index contributed by atoms with van der Waals surface area (Å²) in [4.78, 5) is 3.67. The van der Waals surface area contributed by atoms with Crippen LogP contribution >= 0.6 is 0 Å². The average Bonchev–Trinajstić information content (AvgIpc) is 2.76. The van der Waals surface area contributed by atoms with Gasteiger partial charge in [-0.3, -0.25) is 0 Å². The first-order valence-electron chi connectivity index (χ1n) is 4.82. The molecule has 0 saturated carbocycles. The molecule has 0 fully saturated rings. The Kier molecular flexibility index (Phi) is 3.04. The summed E-state index contributed by atoms with van der Waals surface area (Å²) in [7, 11) is 0. The smallest absolute Gasteiger partial charge is 0.334 e. The Morgan fingerprint density at radius 1 is 1.28 bits per heavy atom. The van der Waals surface area contributed by atoms with Crippen molar-refractivity contribution < 1.29 is 22.1 Å². The number of rotatable bonds is 2. The first kappa shape index (κ1) is 12.5. The van der Waals surface area contributed by atoms with Crippen LogP contribution in [-0.4, -0.2) is 10.1 Å². The maximum Gasteiger partial charge on any atom is 0.419 e. The zero-order valence-corrected chi connectivity index (χ0v) is 8.83. The molecule has 0 amide bonds. The summed E-state index contributed by atoms with van der Waals surface area (Å²) >= 11 is 0. The monoisotopic (exact) mass is 261 g/mol. The minimum absolute atomic E-state index is 0.0515. The van der Waals surface area contributed by atoms with E-state index in [1.165, 1.54) is 0 Å². The Morgan fingerprint density at radius 3 is 2.56 bits per heavy atom. The Hall–Kier alpha value is -1.96. The van der Waals surface area contributed by atoms with Crippen LogP contribution in [0.5, 0.6) is 0 Å². The van der Waals surface area contributed by atoms with Gasteiger partial charge in [0.1, 0.15) is 5.82 Å². The van der Waals surface area contributed by atoms with Gasteiger partial charge in [0.15, 0.2) is 5.82 Å². The molecule has 0 unspecified atom stereocenters. The first-order valence-corrected chi connectivity index (χ1v) is 4.82. The van der Waals surface area contributed by atoms with E-state index in [9.17, 15) is 17.6 Å². The van der Waals surface area contributed by atoms with Gasteiger partial charge < -0.3 is 10.3 Å². The molecule has 18 heavy (non-hydrogen) atoms. The molecule has 0 radical (unpaired) electrons. The van der Waals surface area contributed by atoms with Gasteiger partial charge in [0.2, 0.25) is 0 Å². The van der Waals surface area contributed by atoms with E-state index in [2.05, 4.69) is 14.7 Å². The van der Waals surface area contributed by atoms with E-state index in [-0.39, 0.29) is 18.3 Å². The fraction of sp³-hybridized carbons (Fsp3) is 0.200. The molecule has 2 aromatic rings. The van der Waals surface area contributed by atoms with Crippen LogP contribution in [0.4, 0.5) is 17.6 Å². The quantitative estimate of drug-likeness (QED) is 0.843. The van der Waals surface area contributed by atoms with Crippen molar-refractivity contribution in [3.8, 4) is 11.5 Å². The van der Waals surface area contributed by atoms with Gasteiger partial charge in [0.05, 0.1) is 17.7 Å². The highest BCUT2D eigenvalue weighted by Crippen LogP contribution is 2.34. The van der Waals surface area contributed by atoms with Crippen molar-refractivity contribution in [1.29, 1.82) is 0 Å². The van der Waals surface area contributed by atoms with Crippen LogP contribution in [0.2, 0.25) is 0 Å². The highest BCUT2D eigenvalue weighted by molar-refractivity contribution is 5.55. The zero-order valence-electron chi connectivity index (χ0n) is 8.83. The normalized spacial score (nSPS) is 11.8. The third-order valence-corrected chi connectivity index (χ3v) is 2.19. The number of halogens is 4. The molecule has 0 atom stereocenters. The maximum absolute atomic E-state index is 13.7. The summed E-state index contributed by atoms with van der Waals surface area (Å²) in [5.41, 5.74) is 3.43. The first-order chi connectivity index (χ1) is 8.43. The number of alkyl halides is 3. The van der Waals surface area contributed by atoms with Gasteiger partial charge in [-0.25, -0.2) is 4.39 Å². The van der Waals surface area contributed by atoms with E-state index in [1.807, 2.05) is 0 Å². The van der Waals surface area contributed by atoms with Crippen LogP contribution < -0.4 is 5.73 Å². The minimum Gasteiger partial charge on any atom is -0.334 e. The van der Waals surface area contributed by atoms with Crippen molar-refractivity contribution in [1.82, 2.24) is 10.1 Å². The Bertz CT molecular complexity index is 564. The minimum atomic E-state index is -4.78. The summed E-state index contributed by atoms with van der Waals surface area (Å²) < 4.78 is 55.8. The average molecular weight is 261 g/mol. The van der Waals surface area contributed by atoms with Gasteiger partial charge in [0.25, 0.3) is 5.89 Å². The molecule has 0 bridgehead atoms. The van der Waals surface area contributed by atoms with E-state index in [0.717, 1.165) is 12.1 Å². The summed E-state index contributed by atoms with van der Waals surface area (Å²) in [5.74, 6) is -1.70. The highest BCUT2D eigenvalue weighted by Gasteiger charge is 2.35. The van der Waals surface area contributed by atoms with Gasteiger partial charge in [-0.1, -0.05) is 11.2 Å². The molecule has 1 aromatic carbocycles. The van der Waals surface area contributed by atoms with E-state index in [0.29, 0.717) is 6.07 Å². The molecule has 8 heteroatoms. The largest absolute Gasteiger partial charge is 0.419 e. The lowest BCUT2D eigenvalue weighted by Gasteiger charge is -2.08. The number of benzene rings is 1. The zero-order chi connectivity index (χ0) is 13.3. The van der Waals surface area contributed by atoms with Crippen LogP contribution in [0.1, 0.15) is 11.4 Å². The predicted octanol–water partition coefficient (Wildman–Crippen LogP) is 2.35. The summed E-state index contributed by atoms with van der Waals surface area (Å²) in [5, 5.41) is 3.38. The molecule has 1 aromatic heterocycles. The van der Waals surface area contributed by atoms with Crippen molar-refractivity contribution >= 4 is 0 Å². The number of nitrogens with zero attached hydrogens (tertiary/aromatic N) is 2. The maximum atomic E-state index is 13.7. The third kappa shape index (κ3) is 2.19. The van der Waals surface area contributed by atoms with Crippen LogP contribution in [0.3, 0.4) is 0 Å². The molecule has 4 nitrogen and oxygen atoms in total. The SMILES string of the molecule is NCc1noc(-c2cccc(C(F)(F)F)c2F)n1. The molecular formula is C10H7F4N3O. The second-order valence-electron chi connectivity index (χ2n) is 3.38. The van der Waals surface area contributed by atoms with Crippen molar-refractivity contribution in [3.63, 3.8) is 0 Å². The highest BCUT2D eigenvalue weighted by atomic mass is 19.4. The van der Waals surface area contributed by atoms with Gasteiger partial charge in [0, 0.05) is 0 Å². The lowest BCUT2D eigenvalue weighted by atomic mass is 10.1. The topological polar surface area (TPSA) is 64.9 Å². The lowest BCUT2D eigenvalue weighted by molar-refractivity contribution is -0.139. The summed E-state index contributed by atoms with van der Waals surface area (Å²) in [6.07, 6.45) is -4.78. The molecule has 0 aliphatic rings. The molecule has 0 aliphatic carbocycles. The number of hydrogen-bond acceptors (Lipinski definition) is 4. The van der Waals surface area contributed by atoms with E-state index in [4.69, 9.17) is 5.73 Å². The lowest BCUT2D eigenvalue weighted by Crippen LogP contribution is -2.08. The van der Waals surface area contributed by atoms with Crippen molar-refractivity contribution in [2.24, 2.45) is 5.73 Å². The fourth-order valence-corrected chi connectivity index (χ4v) is 1.36. The molecule has 96 valence electrons. The van der Waals surface area contributed by atoms with E-state index in [1.54, 1.807) is 0 Å². The molecular weight excluding hydrogens is 254 g/mol. The van der Waals surface area contributed by atoms with E-state index < -0.39 is 23.1 Å². The number of aromatic nitrogens is 2. The Morgan fingerprint density at radius 2 is 2.00 bits per heavy atom. The second kappa shape index (κ2) is 4.37. The molecule has 0 spiro atoms. The molecule has 0 aliphatic heterocycles. The van der Waals surface area contributed by atoms with Crippen molar-refractivity contribution in [3.05, 3.63) is 35.4 Å². The van der Waals surface area contributed by atoms with Crippen LogP contribution in [0, 0.1) is 5.82 Å². The van der Waals surface area contributed by atoms with Gasteiger partial charge >= 0.3 is 6.18 Å². The number of nitrogens with two attached hydrogens (primary N) is 1. The molecule has 0 saturated heterocycles. The molecule has 2 N–H and O–H groups in total. The second-order valence-corrected chi connectivity index (χ2v) is 3.38. The van der Waals surface area contributed by atoms with Gasteiger partial charge in [-0.2, -0.15) is 18.2 Å². The van der Waals surface area contributed by atoms with Gasteiger partial charge in [-0.15, -0.1) is 0 Å². The Balaban J connectivity index is 2.52. The van der Waals surface area contributed by atoms with Crippen LogP contribution in [0.25, 0.3) is 11.5 Å². The molecule has 2 rings (SSSR count). The van der Waals surface area contributed by atoms with Crippen LogP contribution in [-0.2, 0) is 12.7 Å². The molecule has 1 heterocycles. The van der Waals surface area contributed by atoms with Crippen molar-refractivity contribution in [2.45, 2.75) is 12.7 Å².